The first kappa shape index (κ1) is 20.2. The van der Waals surface area contributed by atoms with Gasteiger partial charge in [0.2, 0.25) is 5.82 Å². The highest BCUT2D eigenvalue weighted by molar-refractivity contribution is 5.98. The lowest BCUT2D eigenvalue weighted by Crippen LogP contribution is -2.30. The number of nitrogens with one attached hydrogen (secondary N) is 1. The average molecular weight is 392 g/mol. The van der Waals surface area contributed by atoms with E-state index in [4.69, 9.17) is 10.5 Å². The van der Waals surface area contributed by atoms with Crippen LogP contribution in [0.15, 0.2) is 36.4 Å². The maximum Gasteiger partial charge on any atom is 0.339 e. The van der Waals surface area contributed by atoms with Crippen LogP contribution in [0.3, 0.4) is 0 Å². The molecule has 0 bridgehead atoms. The third kappa shape index (κ3) is 4.55. The second kappa shape index (κ2) is 8.07. The van der Waals surface area contributed by atoms with Crippen molar-refractivity contribution in [3.8, 4) is 0 Å². The van der Waals surface area contributed by atoms with E-state index in [1.54, 1.807) is 0 Å². The Balaban J connectivity index is 2.09. The Morgan fingerprint density at radius 1 is 1.11 bits per heavy atom. The molecular formula is C16H13FN4O7. The summed E-state index contributed by atoms with van der Waals surface area (Å²) in [6, 6.07) is 5.96. The number of nitro groups is 2. The van der Waals surface area contributed by atoms with Gasteiger partial charge >= 0.3 is 11.7 Å². The molecule has 0 heterocycles. The van der Waals surface area contributed by atoms with Gasteiger partial charge in [0, 0.05) is 17.8 Å². The number of esters is 1. The third-order valence-corrected chi connectivity index (χ3v) is 3.53. The molecule has 1 amide bonds. The summed E-state index contributed by atoms with van der Waals surface area (Å²) in [7, 11) is 0. The number of hydrogen-bond donors (Lipinski definition) is 2. The smallest absolute Gasteiger partial charge is 0.339 e. The maximum absolute atomic E-state index is 13.3. The van der Waals surface area contributed by atoms with E-state index in [2.05, 4.69) is 5.32 Å². The van der Waals surface area contributed by atoms with E-state index in [0.717, 1.165) is 30.3 Å². The molecule has 0 aliphatic rings. The zero-order chi connectivity index (χ0) is 21.0. The molecule has 2 rings (SSSR count). The lowest BCUT2D eigenvalue weighted by atomic mass is 10.2. The molecule has 2 aromatic carbocycles. The van der Waals surface area contributed by atoms with Gasteiger partial charge in [0.15, 0.2) is 6.10 Å². The second-order valence-corrected chi connectivity index (χ2v) is 5.49. The molecule has 0 radical (unpaired) electrons. The lowest BCUT2D eigenvalue weighted by Gasteiger charge is -2.13. The summed E-state index contributed by atoms with van der Waals surface area (Å²) in [5, 5.41) is 23.8. The summed E-state index contributed by atoms with van der Waals surface area (Å²) in [6.45, 7) is 1.22. The van der Waals surface area contributed by atoms with E-state index in [-0.39, 0.29) is 16.9 Å². The van der Waals surface area contributed by atoms with Crippen LogP contribution >= 0.6 is 0 Å². The fraction of sp³-hybridized carbons (Fsp3) is 0.125. The highest BCUT2D eigenvalue weighted by atomic mass is 19.1. The number of nitrogens with zero attached hydrogens (tertiary/aromatic N) is 2. The van der Waals surface area contributed by atoms with Gasteiger partial charge < -0.3 is 15.8 Å². The Kier molecular flexibility index (Phi) is 5.83. The molecule has 28 heavy (non-hydrogen) atoms. The summed E-state index contributed by atoms with van der Waals surface area (Å²) < 4.78 is 18.2. The molecular weight excluding hydrogens is 379 g/mol. The SMILES string of the molecule is CC(OC(=O)c1ccc(N)c([N+](=O)[O-])c1)C(=O)Nc1ccc(F)c([N+](=O)[O-])c1. The number of nitrogens with two attached hydrogens (primary N) is 1. The Morgan fingerprint density at radius 3 is 2.36 bits per heavy atom. The number of carbonyl (C=O) groups excluding carboxylic acids is 2. The van der Waals surface area contributed by atoms with Crippen molar-refractivity contribution in [2.45, 2.75) is 13.0 Å². The van der Waals surface area contributed by atoms with Crippen molar-refractivity contribution in [3.63, 3.8) is 0 Å². The van der Waals surface area contributed by atoms with Crippen molar-refractivity contribution >= 4 is 34.6 Å². The van der Waals surface area contributed by atoms with Crippen LogP contribution in [0.2, 0.25) is 0 Å². The second-order valence-electron chi connectivity index (χ2n) is 5.49. The minimum Gasteiger partial charge on any atom is -0.449 e. The molecule has 0 saturated heterocycles. The number of nitro benzene ring substituents is 2. The van der Waals surface area contributed by atoms with Crippen LogP contribution in [0.1, 0.15) is 17.3 Å². The van der Waals surface area contributed by atoms with Crippen molar-refractivity contribution < 1.29 is 28.6 Å². The largest absolute Gasteiger partial charge is 0.449 e. The summed E-state index contributed by atoms with van der Waals surface area (Å²) in [5.41, 5.74) is 3.68. The predicted octanol–water partition coefficient (Wildman–Crippen LogP) is 2.41. The third-order valence-electron chi connectivity index (χ3n) is 3.53. The number of amides is 1. The monoisotopic (exact) mass is 392 g/mol. The first-order valence-corrected chi connectivity index (χ1v) is 7.60. The van der Waals surface area contributed by atoms with Crippen LogP contribution in [-0.4, -0.2) is 27.8 Å². The molecule has 0 aromatic heterocycles. The van der Waals surface area contributed by atoms with Gasteiger partial charge in [0.05, 0.1) is 15.4 Å². The Hall–Kier alpha value is -4.09. The molecule has 146 valence electrons. The number of rotatable bonds is 6. The van der Waals surface area contributed by atoms with Gasteiger partial charge in [-0.25, -0.2) is 4.79 Å². The summed E-state index contributed by atoms with van der Waals surface area (Å²) in [5.74, 6) is -2.94. The molecule has 11 nitrogen and oxygen atoms in total. The minimum atomic E-state index is -1.35. The number of benzene rings is 2. The fourth-order valence-corrected chi connectivity index (χ4v) is 2.09. The first-order chi connectivity index (χ1) is 13.1. The number of nitrogen functional groups attached to an aromatic ring is 1. The van der Waals surface area contributed by atoms with Gasteiger partial charge in [-0.3, -0.25) is 25.0 Å². The zero-order valence-corrected chi connectivity index (χ0v) is 14.2. The van der Waals surface area contributed by atoms with Gasteiger partial charge in [-0.1, -0.05) is 0 Å². The molecule has 12 heteroatoms. The van der Waals surface area contributed by atoms with Crippen molar-refractivity contribution in [1.82, 2.24) is 0 Å². The van der Waals surface area contributed by atoms with Crippen LogP contribution in [0.25, 0.3) is 0 Å². The van der Waals surface area contributed by atoms with Crippen molar-refractivity contribution in [2.75, 3.05) is 11.1 Å². The van der Waals surface area contributed by atoms with Crippen LogP contribution < -0.4 is 11.1 Å². The average Bonchev–Trinajstić information content (AvgIpc) is 2.62. The van der Waals surface area contributed by atoms with Crippen molar-refractivity contribution in [2.24, 2.45) is 0 Å². The van der Waals surface area contributed by atoms with E-state index in [9.17, 15) is 34.2 Å². The molecule has 0 saturated carbocycles. The highest BCUT2D eigenvalue weighted by Gasteiger charge is 2.23. The molecule has 0 fully saturated rings. The van der Waals surface area contributed by atoms with Gasteiger partial charge in [0.1, 0.15) is 5.69 Å². The van der Waals surface area contributed by atoms with Gasteiger partial charge in [-0.05, 0) is 31.2 Å². The Bertz CT molecular complexity index is 979. The first-order valence-electron chi connectivity index (χ1n) is 7.60. The quantitative estimate of drug-likeness (QED) is 0.327. The van der Waals surface area contributed by atoms with Crippen LogP contribution in [-0.2, 0) is 9.53 Å². The minimum absolute atomic E-state index is 0.0795. The van der Waals surface area contributed by atoms with Crippen molar-refractivity contribution in [1.29, 1.82) is 0 Å². The standard InChI is InChI=1S/C16H13FN4O7/c1-8(15(22)19-10-3-4-11(17)13(7-10)20(24)25)28-16(23)9-2-5-12(18)14(6-9)21(26)27/h2-8H,18H2,1H3,(H,19,22). The molecule has 2 aromatic rings. The topological polar surface area (TPSA) is 168 Å². The molecule has 0 aliphatic carbocycles. The zero-order valence-electron chi connectivity index (χ0n) is 14.2. The van der Waals surface area contributed by atoms with Crippen LogP contribution in [0.5, 0.6) is 0 Å². The molecule has 3 N–H and O–H groups in total. The fourth-order valence-electron chi connectivity index (χ4n) is 2.09. The van der Waals surface area contributed by atoms with Crippen LogP contribution in [0, 0.1) is 26.0 Å². The van der Waals surface area contributed by atoms with Crippen molar-refractivity contribution in [3.05, 3.63) is 68.0 Å². The number of hydrogen-bond acceptors (Lipinski definition) is 8. The molecule has 0 aliphatic heterocycles. The Labute approximate surface area is 156 Å². The van der Waals surface area contributed by atoms with Gasteiger partial charge in [-0.15, -0.1) is 0 Å². The van der Waals surface area contributed by atoms with E-state index < -0.39 is 45.0 Å². The predicted molar refractivity (Wildman–Crippen MR) is 94.1 cm³/mol. The number of ether oxygens (including phenoxy) is 1. The molecule has 1 unspecified atom stereocenters. The summed E-state index contributed by atoms with van der Waals surface area (Å²) >= 11 is 0. The summed E-state index contributed by atoms with van der Waals surface area (Å²) in [6.07, 6.45) is -1.35. The van der Waals surface area contributed by atoms with E-state index in [0.29, 0.717) is 0 Å². The number of halogens is 1. The normalized spacial score (nSPS) is 11.4. The number of carbonyl (C=O) groups is 2. The Morgan fingerprint density at radius 2 is 1.75 bits per heavy atom. The molecule has 1 atom stereocenters. The number of anilines is 2. The van der Waals surface area contributed by atoms with Gasteiger partial charge in [0.25, 0.3) is 11.6 Å². The summed E-state index contributed by atoms with van der Waals surface area (Å²) in [4.78, 5) is 44.0. The molecule has 0 spiro atoms. The van der Waals surface area contributed by atoms with E-state index >= 15 is 0 Å². The lowest BCUT2D eigenvalue weighted by molar-refractivity contribution is -0.387. The van der Waals surface area contributed by atoms with Gasteiger partial charge in [-0.2, -0.15) is 4.39 Å². The van der Waals surface area contributed by atoms with Crippen LogP contribution in [0.4, 0.5) is 27.1 Å². The van der Waals surface area contributed by atoms with E-state index in [1.165, 1.54) is 13.0 Å². The van der Waals surface area contributed by atoms with E-state index in [1.807, 2.05) is 0 Å². The maximum atomic E-state index is 13.3. The highest BCUT2D eigenvalue weighted by Crippen LogP contribution is 2.24.